The zero-order valence-electron chi connectivity index (χ0n) is 17.5. The van der Waals surface area contributed by atoms with E-state index in [1.165, 1.54) is 0 Å². The summed E-state index contributed by atoms with van der Waals surface area (Å²) < 4.78 is 5.55. The van der Waals surface area contributed by atoms with Gasteiger partial charge in [0, 0.05) is 5.92 Å². The summed E-state index contributed by atoms with van der Waals surface area (Å²) in [6.45, 7) is 4.54. The molecule has 0 saturated heterocycles. The van der Waals surface area contributed by atoms with Crippen LogP contribution >= 0.6 is 0 Å². The van der Waals surface area contributed by atoms with Crippen molar-refractivity contribution in [1.82, 2.24) is 5.32 Å². The zero-order valence-corrected chi connectivity index (χ0v) is 17.5. The second-order valence-corrected chi connectivity index (χ2v) is 8.81. The molecule has 2 aliphatic carbocycles. The van der Waals surface area contributed by atoms with Crippen molar-refractivity contribution in [1.29, 1.82) is 0 Å². The molecule has 2 aromatic carbocycles. The van der Waals surface area contributed by atoms with Crippen molar-refractivity contribution in [3.05, 3.63) is 59.7 Å². The van der Waals surface area contributed by atoms with E-state index < -0.39 is 18.1 Å². The molecule has 0 aromatic heterocycles. The van der Waals surface area contributed by atoms with E-state index in [0.29, 0.717) is 11.8 Å². The molecule has 5 nitrogen and oxygen atoms in total. The van der Waals surface area contributed by atoms with E-state index in [-0.39, 0.29) is 18.4 Å². The van der Waals surface area contributed by atoms with E-state index >= 15 is 0 Å². The quantitative estimate of drug-likeness (QED) is 0.727. The number of benzene rings is 2. The second kappa shape index (κ2) is 8.50. The Bertz CT molecular complexity index is 895. The van der Waals surface area contributed by atoms with Crippen molar-refractivity contribution in [2.75, 3.05) is 6.61 Å². The van der Waals surface area contributed by atoms with E-state index in [1.54, 1.807) is 0 Å². The number of carboxylic acids is 1. The third kappa shape index (κ3) is 3.93. The Morgan fingerprint density at radius 2 is 1.60 bits per heavy atom. The SMILES string of the molecule is CC1CCC(C(NC(=O)OCC2c3ccccc3-c3ccccc32)C(=O)O)CC1C. The largest absolute Gasteiger partial charge is 0.480 e. The van der Waals surface area contributed by atoms with Crippen LogP contribution in [0.3, 0.4) is 0 Å². The molecule has 2 aliphatic rings. The van der Waals surface area contributed by atoms with E-state index in [4.69, 9.17) is 4.74 Å². The zero-order chi connectivity index (χ0) is 21.3. The number of carbonyl (C=O) groups excluding carboxylic acids is 1. The maximum Gasteiger partial charge on any atom is 0.407 e. The number of aliphatic carboxylic acids is 1. The fourth-order valence-electron chi connectivity index (χ4n) is 5.04. The van der Waals surface area contributed by atoms with E-state index in [9.17, 15) is 14.7 Å². The van der Waals surface area contributed by atoms with E-state index in [2.05, 4.69) is 43.4 Å². The molecule has 4 rings (SSSR count). The Balaban J connectivity index is 1.43. The predicted octanol–water partition coefficient (Wildman–Crippen LogP) is 5.05. The monoisotopic (exact) mass is 407 g/mol. The van der Waals surface area contributed by atoms with Gasteiger partial charge in [-0.2, -0.15) is 0 Å². The number of amides is 1. The van der Waals surface area contributed by atoms with Crippen LogP contribution in [0.4, 0.5) is 4.79 Å². The second-order valence-electron chi connectivity index (χ2n) is 8.81. The number of carbonyl (C=O) groups is 2. The number of fused-ring (bicyclic) bond motifs is 3. The van der Waals surface area contributed by atoms with Crippen molar-refractivity contribution in [3.8, 4) is 11.1 Å². The number of alkyl carbamates (subject to hydrolysis) is 1. The molecule has 0 spiro atoms. The summed E-state index contributed by atoms with van der Waals surface area (Å²) in [7, 11) is 0. The highest BCUT2D eigenvalue weighted by atomic mass is 16.5. The predicted molar refractivity (Wildman–Crippen MR) is 115 cm³/mol. The molecule has 4 unspecified atom stereocenters. The number of nitrogens with one attached hydrogen (secondary N) is 1. The number of rotatable bonds is 5. The lowest BCUT2D eigenvalue weighted by molar-refractivity contribution is -0.141. The third-order valence-corrected chi connectivity index (χ3v) is 6.99. The maximum atomic E-state index is 12.5. The van der Waals surface area contributed by atoms with Gasteiger partial charge in [0.2, 0.25) is 0 Å². The summed E-state index contributed by atoms with van der Waals surface area (Å²) >= 11 is 0. The minimum Gasteiger partial charge on any atom is -0.480 e. The van der Waals surface area contributed by atoms with Gasteiger partial charge in [0.1, 0.15) is 12.6 Å². The van der Waals surface area contributed by atoms with Crippen LogP contribution in [0.15, 0.2) is 48.5 Å². The highest BCUT2D eigenvalue weighted by Gasteiger charge is 2.36. The number of hydrogen-bond acceptors (Lipinski definition) is 3. The fourth-order valence-corrected chi connectivity index (χ4v) is 5.04. The van der Waals surface area contributed by atoms with Gasteiger partial charge in [-0.3, -0.25) is 0 Å². The summed E-state index contributed by atoms with van der Waals surface area (Å²) in [6.07, 6.45) is 1.95. The average molecular weight is 408 g/mol. The number of hydrogen-bond donors (Lipinski definition) is 2. The molecule has 0 bridgehead atoms. The Labute approximate surface area is 177 Å². The van der Waals surface area contributed by atoms with Crippen LogP contribution in [-0.4, -0.2) is 29.8 Å². The van der Waals surface area contributed by atoms with Crippen LogP contribution in [0, 0.1) is 17.8 Å². The van der Waals surface area contributed by atoms with Gasteiger partial charge in [-0.15, -0.1) is 0 Å². The van der Waals surface area contributed by atoms with Gasteiger partial charge in [0.05, 0.1) is 0 Å². The first-order valence-electron chi connectivity index (χ1n) is 10.8. The molecule has 2 N–H and O–H groups in total. The first kappa shape index (κ1) is 20.5. The molecule has 4 atom stereocenters. The lowest BCUT2D eigenvalue weighted by Crippen LogP contribution is -2.48. The Kier molecular flexibility index (Phi) is 5.80. The molecule has 1 amide bonds. The summed E-state index contributed by atoms with van der Waals surface area (Å²) in [5.74, 6) is -0.0496. The minimum atomic E-state index is -0.990. The van der Waals surface area contributed by atoms with Crippen LogP contribution in [0.5, 0.6) is 0 Å². The molecular formula is C25H29NO4. The van der Waals surface area contributed by atoms with Gasteiger partial charge in [-0.05, 0) is 52.8 Å². The van der Waals surface area contributed by atoms with Gasteiger partial charge < -0.3 is 15.2 Å². The number of carboxylic acid groups (broad SMARTS) is 1. The van der Waals surface area contributed by atoms with Crippen molar-refractivity contribution < 1.29 is 19.4 Å². The fraction of sp³-hybridized carbons (Fsp3) is 0.440. The van der Waals surface area contributed by atoms with Crippen LogP contribution in [-0.2, 0) is 9.53 Å². The van der Waals surface area contributed by atoms with Crippen LogP contribution in [0.2, 0.25) is 0 Å². The molecule has 0 heterocycles. The van der Waals surface area contributed by atoms with Crippen LogP contribution in [0.1, 0.15) is 50.2 Å². The lowest BCUT2D eigenvalue weighted by Gasteiger charge is -2.35. The van der Waals surface area contributed by atoms with Gasteiger partial charge in [0.15, 0.2) is 0 Å². The maximum absolute atomic E-state index is 12.5. The molecule has 1 fully saturated rings. The van der Waals surface area contributed by atoms with Gasteiger partial charge in [0.25, 0.3) is 0 Å². The van der Waals surface area contributed by atoms with Crippen molar-refractivity contribution in [2.24, 2.45) is 17.8 Å². The van der Waals surface area contributed by atoms with Gasteiger partial charge >= 0.3 is 12.1 Å². The summed E-state index contributed by atoms with van der Waals surface area (Å²) in [5.41, 5.74) is 4.60. The first-order chi connectivity index (χ1) is 14.5. The molecule has 30 heavy (non-hydrogen) atoms. The molecule has 0 aliphatic heterocycles. The first-order valence-corrected chi connectivity index (χ1v) is 10.8. The molecule has 2 aromatic rings. The van der Waals surface area contributed by atoms with Crippen molar-refractivity contribution in [2.45, 2.75) is 45.1 Å². The summed E-state index contributed by atoms with van der Waals surface area (Å²) in [4.78, 5) is 24.4. The standard InChI is InChI=1S/C25H29NO4/c1-15-11-12-17(13-16(15)2)23(24(27)28)26-25(29)30-14-22-20-9-5-3-7-18(20)19-8-4-6-10-21(19)22/h3-10,15-17,22-23H,11-14H2,1-2H3,(H,26,29)(H,27,28). The molecule has 1 saturated carbocycles. The molecule has 158 valence electrons. The minimum absolute atomic E-state index is 0.0398. The highest BCUT2D eigenvalue weighted by Crippen LogP contribution is 2.44. The highest BCUT2D eigenvalue weighted by molar-refractivity contribution is 5.81. The number of ether oxygens (including phenoxy) is 1. The molecule has 0 radical (unpaired) electrons. The molecular weight excluding hydrogens is 378 g/mol. The smallest absolute Gasteiger partial charge is 0.407 e. The molecule has 5 heteroatoms. The summed E-state index contributed by atoms with van der Waals surface area (Å²) in [5, 5.41) is 12.3. The average Bonchev–Trinajstić information content (AvgIpc) is 3.06. The normalized spacial score (nSPS) is 23.9. The Hall–Kier alpha value is -2.82. The van der Waals surface area contributed by atoms with Crippen LogP contribution in [0.25, 0.3) is 11.1 Å². The van der Waals surface area contributed by atoms with Gasteiger partial charge in [-0.1, -0.05) is 68.8 Å². The summed E-state index contributed by atoms with van der Waals surface area (Å²) in [6, 6.07) is 15.4. The van der Waals surface area contributed by atoms with Gasteiger partial charge in [-0.25, -0.2) is 9.59 Å². The Morgan fingerprint density at radius 3 is 2.17 bits per heavy atom. The van der Waals surface area contributed by atoms with E-state index in [0.717, 1.165) is 41.5 Å². The Morgan fingerprint density at radius 1 is 1.00 bits per heavy atom. The van der Waals surface area contributed by atoms with Crippen LogP contribution < -0.4 is 5.32 Å². The third-order valence-electron chi connectivity index (χ3n) is 6.99. The topological polar surface area (TPSA) is 75.6 Å². The van der Waals surface area contributed by atoms with Crippen molar-refractivity contribution in [3.63, 3.8) is 0 Å². The van der Waals surface area contributed by atoms with Crippen molar-refractivity contribution >= 4 is 12.1 Å². The van der Waals surface area contributed by atoms with E-state index in [1.807, 2.05) is 24.3 Å². The lowest BCUT2D eigenvalue weighted by atomic mass is 9.73.